The smallest absolute Gasteiger partial charge is 0.229 e. The minimum atomic E-state index is -3.13. The molecule has 0 spiro atoms. The molecule has 20 heavy (non-hydrogen) atoms. The zero-order valence-corrected chi connectivity index (χ0v) is 13.3. The van der Waals surface area contributed by atoms with E-state index in [4.69, 9.17) is 0 Å². The van der Waals surface area contributed by atoms with Gasteiger partial charge in [-0.1, -0.05) is 0 Å². The number of carbonyl (C=O) groups excluding carboxylic acids is 1. The maximum Gasteiger partial charge on any atom is 0.229 e. The van der Waals surface area contributed by atoms with Crippen LogP contribution in [-0.4, -0.2) is 42.5 Å². The van der Waals surface area contributed by atoms with Crippen molar-refractivity contribution in [1.82, 2.24) is 9.29 Å². The van der Waals surface area contributed by atoms with Crippen molar-refractivity contribution in [2.24, 2.45) is 5.92 Å². The summed E-state index contributed by atoms with van der Waals surface area (Å²) in [5, 5.41) is 5.29. The second-order valence-electron chi connectivity index (χ2n) is 4.86. The van der Waals surface area contributed by atoms with Gasteiger partial charge in [0.1, 0.15) is 0 Å². The fraction of sp³-hybridized carbons (Fsp3) is 0.667. The van der Waals surface area contributed by atoms with Crippen LogP contribution >= 0.6 is 11.3 Å². The van der Waals surface area contributed by atoms with Gasteiger partial charge in [0, 0.05) is 24.4 Å². The van der Waals surface area contributed by atoms with E-state index in [1.165, 1.54) is 15.6 Å². The zero-order chi connectivity index (χ0) is 14.8. The van der Waals surface area contributed by atoms with E-state index in [0.29, 0.717) is 31.1 Å². The highest BCUT2D eigenvalue weighted by molar-refractivity contribution is 7.89. The summed E-state index contributed by atoms with van der Waals surface area (Å²) in [7, 11) is -3.13. The standard InChI is InChI=1S/C12H19N3O3S2/c1-3-20(17,18)15-6-4-10(5-7-15)11(16)14-12-13-9(2)8-19-12/h8,10H,3-7H2,1-2H3,(H,13,14,16). The molecule has 0 aliphatic carbocycles. The van der Waals surface area contributed by atoms with E-state index in [2.05, 4.69) is 10.3 Å². The molecule has 0 bridgehead atoms. The summed E-state index contributed by atoms with van der Waals surface area (Å²) in [4.78, 5) is 16.3. The molecule has 1 amide bonds. The monoisotopic (exact) mass is 317 g/mol. The van der Waals surface area contributed by atoms with Crippen LogP contribution in [0.5, 0.6) is 0 Å². The summed E-state index contributed by atoms with van der Waals surface area (Å²) >= 11 is 1.40. The van der Waals surface area contributed by atoms with Crippen molar-refractivity contribution in [3.05, 3.63) is 11.1 Å². The first-order valence-electron chi connectivity index (χ1n) is 6.63. The van der Waals surface area contributed by atoms with E-state index in [0.717, 1.165) is 5.69 Å². The van der Waals surface area contributed by atoms with Crippen molar-refractivity contribution in [2.75, 3.05) is 24.2 Å². The van der Waals surface area contributed by atoms with Gasteiger partial charge in [-0.25, -0.2) is 17.7 Å². The van der Waals surface area contributed by atoms with Gasteiger partial charge >= 0.3 is 0 Å². The normalized spacial score (nSPS) is 18.1. The number of hydrogen-bond donors (Lipinski definition) is 1. The molecule has 2 heterocycles. The van der Waals surface area contributed by atoms with Crippen LogP contribution in [0.15, 0.2) is 5.38 Å². The van der Waals surface area contributed by atoms with Crippen LogP contribution < -0.4 is 5.32 Å². The molecule has 8 heteroatoms. The largest absolute Gasteiger partial charge is 0.302 e. The van der Waals surface area contributed by atoms with E-state index < -0.39 is 10.0 Å². The summed E-state index contributed by atoms with van der Waals surface area (Å²) in [6, 6.07) is 0. The lowest BCUT2D eigenvalue weighted by molar-refractivity contribution is -0.120. The number of carbonyl (C=O) groups is 1. The molecular formula is C12H19N3O3S2. The topological polar surface area (TPSA) is 79.4 Å². The molecule has 2 rings (SSSR count). The summed E-state index contributed by atoms with van der Waals surface area (Å²) in [6.07, 6.45) is 1.13. The third kappa shape index (κ3) is 3.56. The first-order chi connectivity index (χ1) is 9.42. The Hall–Kier alpha value is -0.990. The maximum absolute atomic E-state index is 12.1. The SMILES string of the molecule is CCS(=O)(=O)N1CCC(C(=O)Nc2nc(C)cs2)CC1. The van der Waals surface area contributed by atoms with Crippen molar-refractivity contribution in [2.45, 2.75) is 26.7 Å². The molecule has 1 aromatic rings. The van der Waals surface area contributed by atoms with Gasteiger partial charge in [-0.15, -0.1) is 11.3 Å². The minimum absolute atomic E-state index is 0.0621. The average molecular weight is 317 g/mol. The van der Waals surface area contributed by atoms with E-state index in [1.54, 1.807) is 6.92 Å². The van der Waals surface area contributed by atoms with Gasteiger partial charge in [-0.3, -0.25) is 4.79 Å². The summed E-state index contributed by atoms with van der Waals surface area (Å²) < 4.78 is 25.0. The number of nitrogens with zero attached hydrogens (tertiary/aromatic N) is 2. The molecular weight excluding hydrogens is 298 g/mol. The molecule has 0 aromatic carbocycles. The quantitative estimate of drug-likeness (QED) is 0.911. The van der Waals surface area contributed by atoms with E-state index in [-0.39, 0.29) is 17.6 Å². The first kappa shape index (κ1) is 15.4. The van der Waals surface area contributed by atoms with Gasteiger partial charge in [-0.05, 0) is 26.7 Å². The lowest BCUT2D eigenvalue weighted by Gasteiger charge is -2.30. The molecule has 0 saturated carbocycles. The Bertz CT molecular complexity index is 575. The average Bonchev–Trinajstić information content (AvgIpc) is 2.84. The Morgan fingerprint density at radius 1 is 1.50 bits per heavy atom. The molecule has 0 unspecified atom stereocenters. The second kappa shape index (κ2) is 6.19. The molecule has 1 saturated heterocycles. The number of anilines is 1. The highest BCUT2D eigenvalue weighted by Crippen LogP contribution is 2.22. The van der Waals surface area contributed by atoms with Crippen molar-refractivity contribution in [3.8, 4) is 0 Å². The molecule has 1 N–H and O–H groups in total. The summed E-state index contributed by atoms with van der Waals surface area (Å²) in [6.45, 7) is 4.36. The third-order valence-corrected chi connectivity index (χ3v) is 6.19. The number of nitrogens with one attached hydrogen (secondary N) is 1. The number of rotatable bonds is 4. The number of aryl methyl sites for hydroxylation is 1. The number of amides is 1. The van der Waals surface area contributed by atoms with E-state index in [9.17, 15) is 13.2 Å². The van der Waals surface area contributed by atoms with Gasteiger partial charge < -0.3 is 5.32 Å². The lowest BCUT2D eigenvalue weighted by atomic mass is 9.97. The van der Waals surface area contributed by atoms with Gasteiger partial charge in [-0.2, -0.15) is 0 Å². The number of piperidine rings is 1. The van der Waals surface area contributed by atoms with Gasteiger partial charge in [0.25, 0.3) is 0 Å². The Morgan fingerprint density at radius 3 is 2.65 bits per heavy atom. The van der Waals surface area contributed by atoms with Crippen LogP contribution in [0.4, 0.5) is 5.13 Å². The number of sulfonamides is 1. The Labute approximate surface area is 123 Å². The van der Waals surface area contributed by atoms with Crippen LogP contribution in [0, 0.1) is 12.8 Å². The Morgan fingerprint density at radius 2 is 2.15 bits per heavy atom. The number of thiazole rings is 1. The number of aromatic nitrogens is 1. The fourth-order valence-corrected chi connectivity index (χ4v) is 4.02. The molecule has 1 fully saturated rings. The highest BCUT2D eigenvalue weighted by atomic mass is 32.2. The zero-order valence-electron chi connectivity index (χ0n) is 11.6. The highest BCUT2D eigenvalue weighted by Gasteiger charge is 2.30. The molecule has 1 aliphatic rings. The van der Waals surface area contributed by atoms with Gasteiger partial charge in [0.2, 0.25) is 15.9 Å². The van der Waals surface area contributed by atoms with Crippen molar-refractivity contribution in [1.29, 1.82) is 0 Å². The Kier molecular flexibility index (Phi) is 4.77. The fourth-order valence-electron chi connectivity index (χ4n) is 2.20. The summed E-state index contributed by atoms with van der Waals surface area (Å²) in [5.74, 6) is -0.0853. The van der Waals surface area contributed by atoms with Crippen molar-refractivity contribution in [3.63, 3.8) is 0 Å². The molecule has 1 aromatic heterocycles. The predicted octanol–water partition coefficient (Wildman–Crippen LogP) is 1.45. The molecule has 0 radical (unpaired) electrons. The summed E-state index contributed by atoms with van der Waals surface area (Å²) in [5.41, 5.74) is 0.883. The lowest BCUT2D eigenvalue weighted by Crippen LogP contribution is -2.42. The van der Waals surface area contributed by atoms with Crippen molar-refractivity contribution < 1.29 is 13.2 Å². The van der Waals surface area contributed by atoms with E-state index in [1.807, 2.05) is 12.3 Å². The van der Waals surface area contributed by atoms with Crippen molar-refractivity contribution >= 4 is 32.4 Å². The minimum Gasteiger partial charge on any atom is -0.302 e. The number of hydrogen-bond acceptors (Lipinski definition) is 5. The first-order valence-corrected chi connectivity index (χ1v) is 9.12. The van der Waals surface area contributed by atoms with Crippen LogP contribution in [-0.2, 0) is 14.8 Å². The third-order valence-electron chi connectivity index (χ3n) is 3.43. The molecule has 6 nitrogen and oxygen atoms in total. The van der Waals surface area contributed by atoms with Crippen LogP contribution in [0.2, 0.25) is 0 Å². The van der Waals surface area contributed by atoms with Crippen LogP contribution in [0.3, 0.4) is 0 Å². The van der Waals surface area contributed by atoms with Crippen LogP contribution in [0.25, 0.3) is 0 Å². The van der Waals surface area contributed by atoms with E-state index >= 15 is 0 Å². The van der Waals surface area contributed by atoms with Gasteiger partial charge in [0.05, 0.1) is 11.4 Å². The molecule has 0 atom stereocenters. The van der Waals surface area contributed by atoms with Crippen LogP contribution in [0.1, 0.15) is 25.5 Å². The second-order valence-corrected chi connectivity index (χ2v) is 7.97. The molecule has 112 valence electrons. The predicted molar refractivity (Wildman–Crippen MR) is 79.2 cm³/mol. The molecule has 1 aliphatic heterocycles. The Balaban J connectivity index is 1.89. The maximum atomic E-state index is 12.1. The van der Waals surface area contributed by atoms with Gasteiger partial charge in [0.15, 0.2) is 5.13 Å².